The first-order valence-corrected chi connectivity index (χ1v) is 13.4. The second kappa shape index (κ2) is 16.3. The number of carbonyl (C=O) groups excluding carboxylic acids is 2. The minimum Gasteiger partial charge on any atom is -0.394 e. The Morgan fingerprint density at radius 1 is 1.00 bits per heavy atom. The number of aliphatic hydroxyl groups is 8. The minimum atomic E-state index is -2.09. The van der Waals surface area contributed by atoms with Gasteiger partial charge in [0.25, 0.3) is 5.91 Å². The van der Waals surface area contributed by atoms with Crippen molar-refractivity contribution in [3.8, 4) is 0 Å². The van der Waals surface area contributed by atoms with Crippen molar-refractivity contribution in [2.24, 2.45) is 5.41 Å². The summed E-state index contributed by atoms with van der Waals surface area (Å²) in [6.45, 7) is 4.10. The molecule has 37 heavy (non-hydrogen) atoms. The summed E-state index contributed by atoms with van der Waals surface area (Å²) < 4.78 is 10.4. The molecule has 0 radical (unpaired) electrons. The van der Waals surface area contributed by atoms with Crippen molar-refractivity contribution in [1.82, 2.24) is 5.32 Å². The number of ketones is 1. The number of rotatable bonds is 16. The molecule has 1 heterocycles. The molecule has 6 unspecified atom stereocenters. The topological polar surface area (TPSA) is 226 Å². The number of carbonyl (C=O) groups is 2. The summed E-state index contributed by atoms with van der Waals surface area (Å²) in [5.74, 6) is 0.510. The Balaban J connectivity index is 2.53. The van der Waals surface area contributed by atoms with Crippen molar-refractivity contribution in [2.75, 3.05) is 31.3 Å². The monoisotopic (exact) mass is 557 g/mol. The van der Waals surface area contributed by atoms with E-state index < -0.39 is 74.2 Å². The summed E-state index contributed by atoms with van der Waals surface area (Å²) in [4.78, 5) is 24.2. The van der Waals surface area contributed by atoms with Gasteiger partial charge in [0, 0.05) is 24.1 Å². The highest BCUT2D eigenvalue weighted by atomic mass is 32.2. The van der Waals surface area contributed by atoms with Crippen LogP contribution in [0, 0.1) is 5.41 Å². The smallest absolute Gasteiger partial charge is 0.251 e. The molecule has 1 fully saturated rings. The summed E-state index contributed by atoms with van der Waals surface area (Å²) in [5, 5.41) is 81.7. The van der Waals surface area contributed by atoms with Gasteiger partial charge >= 0.3 is 0 Å². The van der Waals surface area contributed by atoms with Gasteiger partial charge in [0.05, 0.1) is 13.2 Å². The maximum absolute atomic E-state index is 12.3. The first-order valence-electron chi connectivity index (χ1n) is 12.3. The number of amides is 1. The van der Waals surface area contributed by atoms with Gasteiger partial charge in [-0.15, -0.1) is 0 Å². The Bertz CT molecular complexity index is 691. The third-order valence-corrected chi connectivity index (χ3v) is 7.03. The largest absolute Gasteiger partial charge is 0.394 e. The molecule has 0 aliphatic carbocycles. The molecule has 1 saturated heterocycles. The van der Waals surface area contributed by atoms with E-state index in [0.717, 1.165) is 18.6 Å². The van der Waals surface area contributed by atoms with Crippen LogP contribution in [-0.2, 0) is 19.1 Å². The van der Waals surface area contributed by atoms with E-state index in [1.807, 2.05) is 20.8 Å². The average molecular weight is 558 g/mol. The summed E-state index contributed by atoms with van der Waals surface area (Å²) >= 11 is 1.54. The normalized spacial score (nSPS) is 27.8. The number of hydrogen-bond donors (Lipinski definition) is 9. The van der Waals surface area contributed by atoms with E-state index in [1.54, 1.807) is 0 Å². The molecule has 0 spiro atoms. The van der Waals surface area contributed by atoms with Crippen LogP contribution in [0.15, 0.2) is 0 Å². The lowest BCUT2D eigenvalue weighted by molar-refractivity contribution is -0.326. The highest BCUT2D eigenvalue weighted by Crippen LogP contribution is 2.25. The number of nitrogens with one attached hydrogen (secondary N) is 1. The second-order valence-corrected chi connectivity index (χ2v) is 11.2. The molecule has 13 nitrogen and oxygen atoms in total. The molecule has 14 heteroatoms. The highest BCUT2D eigenvalue weighted by Gasteiger charge is 2.47. The molecule has 0 aromatic carbocycles. The molecule has 1 aliphatic heterocycles. The third kappa shape index (κ3) is 10.6. The van der Waals surface area contributed by atoms with Gasteiger partial charge in [-0.3, -0.25) is 9.59 Å². The Morgan fingerprint density at radius 3 is 2.22 bits per heavy atom. The predicted molar refractivity (Wildman–Crippen MR) is 132 cm³/mol. The fraction of sp³-hybridized carbons (Fsp3) is 0.913. The molecule has 1 rings (SSSR count). The van der Waals surface area contributed by atoms with Crippen LogP contribution in [0.2, 0.25) is 0 Å². The van der Waals surface area contributed by atoms with E-state index in [4.69, 9.17) is 9.47 Å². The molecule has 1 amide bonds. The number of unbranched alkanes of at least 4 members (excludes halogenated alkanes) is 1. The van der Waals surface area contributed by atoms with E-state index in [2.05, 4.69) is 5.32 Å². The fourth-order valence-electron chi connectivity index (χ4n) is 3.49. The number of Topliss-reactive ketones (excluding diaryl/α,β-unsaturated/α-hetero) is 1. The van der Waals surface area contributed by atoms with Gasteiger partial charge < -0.3 is 55.6 Å². The van der Waals surface area contributed by atoms with Gasteiger partial charge in [-0.1, -0.05) is 20.8 Å². The molecule has 9 N–H and O–H groups in total. The predicted octanol–water partition coefficient (Wildman–Crippen LogP) is -3.12. The van der Waals surface area contributed by atoms with Gasteiger partial charge in [0.15, 0.2) is 12.4 Å². The van der Waals surface area contributed by atoms with E-state index in [-0.39, 0.29) is 17.7 Å². The Morgan fingerprint density at radius 2 is 1.65 bits per heavy atom. The summed E-state index contributed by atoms with van der Waals surface area (Å²) in [6, 6.07) is 0. The molecule has 0 aromatic heterocycles. The van der Waals surface area contributed by atoms with Crippen LogP contribution in [0.3, 0.4) is 0 Å². The first kappa shape index (κ1) is 34.1. The Kier molecular flexibility index (Phi) is 15.0. The van der Waals surface area contributed by atoms with Crippen molar-refractivity contribution < 1.29 is 59.9 Å². The summed E-state index contributed by atoms with van der Waals surface area (Å²) in [7, 11) is 0. The molecule has 218 valence electrons. The van der Waals surface area contributed by atoms with E-state index >= 15 is 0 Å². The van der Waals surface area contributed by atoms with Crippen molar-refractivity contribution in [3.05, 3.63) is 0 Å². The quantitative estimate of drug-likeness (QED) is 0.0857. The zero-order valence-electron chi connectivity index (χ0n) is 21.5. The van der Waals surface area contributed by atoms with Gasteiger partial charge in [0.2, 0.25) is 0 Å². The lowest BCUT2D eigenvalue weighted by Gasteiger charge is -2.42. The van der Waals surface area contributed by atoms with Crippen molar-refractivity contribution in [2.45, 2.75) is 95.2 Å². The van der Waals surface area contributed by atoms with Gasteiger partial charge in [0.1, 0.15) is 48.5 Å². The first-order chi connectivity index (χ1) is 17.3. The number of thioether (sulfide) groups is 1. The number of hydrogen-bond acceptors (Lipinski definition) is 13. The molecule has 0 bridgehead atoms. The fourth-order valence-corrected chi connectivity index (χ4v) is 4.35. The van der Waals surface area contributed by atoms with E-state index in [0.29, 0.717) is 12.2 Å². The van der Waals surface area contributed by atoms with Crippen molar-refractivity contribution in [3.63, 3.8) is 0 Å². The van der Waals surface area contributed by atoms with Crippen LogP contribution in [0.1, 0.15) is 40.0 Å². The third-order valence-electron chi connectivity index (χ3n) is 5.96. The van der Waals surface area contributed by atoms with Crippen molar-refractivity contribution >= 4 is 23.5 Å². The number of aliphatic hydroxyl groups excluding tert-OH is 8. The van der Waals surface area contributed by atoms with E-state index in [9.17, 15) is 50.4 Å². The molecular weight excluding hydrogens is 514 g/mol. The highest BCUT2D eigenvalue weighted by molar-refractivity contribution is 7.99. The second-order valence-electron chi connectivity index (χ2n) is 10.0. The molecular formula is C23H43NO12S. The van der Waals surface area contributed by atoms with Crippen LogP contribution in [0.25, 0.3) is 0 Å². The maximum atomic E-state index is 12.3. The molecule has 1 aliphatic rings. The average Bonchev–Trinajstić information content (AvgIpc) is 2.86. The van der Waals surface area contributed by atoms with Gasteiger partial charge in [-0.25, -0.2) is 0 Å². The zero-order chi connectivity index (χ0) is 28.3. The van der Waals surface area contributed by atoms with Gasteiger partial charge in [-0.05, 0) is 18.6 Å². The Labute approximate surface area is 220 Å². The maximum Gasteiger partial charge on any atom is 0.251 e. The Hall–Kier alpha value is -0.910. The number of ether oxygens (including phenoxy) is 2. The SMILES string of the molecule is CC(C)(C)C(=O)CCCCSCCNC(=O)C(O)C(O)[C@H](O[C@@H]1OC(CO)[C@H](O)C(O)C1O)C(O)CO. The summed E-state index contributed by atoms with van der Waals surface area (Å²) in [5.41, 5.74) is -0.352. The molecule has 9 atom stereocenters. The van der Waals surface area contributed by atoms with Gasteiger partial charge in [-0.2, -0.15) is 11.8 Å². The lowest BCUT2D eigenvalue weighted by Crippen LogP contribution is -2.62. The van der Waals surface area contributed by atoms with E-state index in [1.165, 1.54) is 11.8 Å². The lowest BCUT2D eigenvalue weighted by atomic mass is 9.88. The molecule has 0 aromatic rings. The van der Waals surface area contributed by atoms with Crippen LogP contribution in [0.4, 0.5) is 0 Å². The minimum absolute atomic E-state index is 0.162. The molecule has 0 saturated carbocycles. The van der Waals surface area contributed by atoms with Crippen LogP contribution in [-0.4, -0.2) is 139 Å². The van der Waals surface area contributed by atoms with Crippen LogP contribution < -0.4 is 5.32 Å². The zero-order valence-corrected chi connectivity index (χ0v) is 22.3. The summed E-state index contributed by atoms with van der Waals surface area (Å²) in [6.07, 6.45) is -14.2. The van der Waals surface area contributed by atoms with Crippen molar-refractivity contribution in [1.29, 1.82) is 0 Å². The van der Waals surface area contributed by atoms with Crippen LogP contribution in [0.5, 0.6) is 0 Å². The van der Waals surface area contributed by atoms with Crippen LogP contribution >= 0.6 is 11.8 Å². The standard InChI is InChI=1S/C23H43NO12S/c1-23(2,3)14(28)6-4-5-8-37-9-7-24-21(34)18(32)17(31)20(12(27)10-25)36-22-19(33)16(30)15(29)13(11-26)35-22/h12-13,15-20,22,25-27,29-33H,4-11H2,1-3H3,(H,24,34)/t12?,13?,15-,16?,17?,18?,19?,20+,22-/m0/s1.